The lowest BCUT2D eigenvalue weighted by Crippen LogP contribution is -1.96. The average molecular weight is 312 g/mol. The van der Waals surface area contributed by atoms with Crippen LogP contribution in [0.1, 0.15) is 5.82 Å². The van der Waals surface area contributed by atoms with Gasteiger partial charge < -0.3 is 4.98 Å². The zero-order valence-electron chi connectivity index (χ0n) is 12.4. The van der Waals surface area contributed by atoms with Crippen LogP contribution in [0.15, 0.2) is 59.6 Å². The smallest absolute Gasteiger partial charge is 0.175 e. The van der Waals surface area contributed by atoms with Gasteiger partial charge in [0.1, 0.15) is 5.82 Å². The Morgan fingerprint density at radius 2 is 1.59 bits per heavy atom. The third-order valence-corrected chi connectivity index (χ3v) is 4.64. The number of nitrogens with one attached hydrogen (secondary N) is 1. The van der Waals surface area contributed by atoms with Crippen molar-refractivity contribution in [1.29, 1.82) is 0 Å². The molecule has 1 aromatic heterocycles. The molecule has 0 aliphatic carbocycles. The first-order chi connectivity index (χ1) is 10.4. The van der Waals surface area contributed by atoms with E-state index in [9.17, 15) is 8.42 Å². The van der Waals surface area contributed by atoms with Gasteiger partial charge in [-0.05, 0) is 30.2 Å². The first-order valence-electron chi connectivity index (χ1n) is 6.86. The van der Waals surface area contributed by atoms with Crippen molar-refractivity contribution < 1.29 is 8.42 Å². The van der Waals surface area contributed by atoms with Gasteiger partial charge in [0, 0.05) is 11.8 Å². The molecule has 1 N–H and O–H groups in total. The van der Waals surface area contributed by atoms with E-state index in [-0.39, 0.29) is 0 Å². The molecule has 0 saturated heterocycles. The summed E-state index contributed by atoms with van der Waals surface area (Å²) in [6.45, 7) is 1.91. The van der Waals surface area contributed by atoms with E-state index in [4.69, 9.17) is 0 Å². The van der Waals surface area contributed by atoms with Crippen LogP contribution < -0.4 is 0 Å². The number of imidazole rings is 1. The van der Waals surface area contributed by atoms with E-state index in [0.29, 0.717) is 4.90 Å². The summed E-state index contributed by atoms with van der Waals surface area (Å²) in [7, 11) is -3.18. The van der Waals surface area contributed by atoms with Crippen LogP contribution in [0.3, 0.4) is 0 Å². The Hall–Kier alpha value is -2.40. The quantitative estimate of drug-likeness (QED) is 0.805. The molecule has 0 fully saturated rings. The van der Waals surface area contributed by atoms with Crippen molar-refractivity contribution in [3.05, 3.63) is 60.6 Å². The van der Waals surface area contributed by atoms with Crippen LogP contribution in [-0.4, -0.2) is 24.6 Å². The van der Waals surface area contributed by atoms with Crippen LogP contribution >= 0.6 is 0 Å². The molecule has 0 amide bonds. The molecule has 22 heavy (non-hydrogen) atoms. The summed E-state index contributed by atoms with van der Waals surface area (Å²) in [6.07, 6.45) is 3.02. The summed E-state index contributed by atoms with van der Waals surface area (Å²) in [5, 5.41) is 0. The third-order valence-electron chi connectivity index (χ3n) is 3.51. The molecule has 0 bridgehead atoms. The fourth-order valence-electron chi connectivity index (χ4n) is 2.41. The molecular formula is C17H16N2O2S. The van der Waals surface area contributed by atoms with Crippen molar-refractivity contribution in [3.8, 4) is 22.4 Å². The minimum atomic E-state index is -3.18. The second kappa shape index (κ2) is 5.42. The number of nitrogens with zero attached hydrogens (tertiary/aromatic N) is 1. The van der Waals surface area contributed by atoms with E-state index in [2.05, 4.69) is 9.97 Å². The molecule has 3 aromatic rings. The number of hydrogen-bond acceptors (Lipinski definition) is 3. The summed E-state index contributed by atoms with van der Waals surface area (Å²) in [5.74, 6) is 0.859. The van der Waals surface area contributed by atoms with Crippen molar-refractivity contribution >= 4 is 9.84 Å². The van der Waals surface area contributed by atoms with Crippen molar-refractivity contribution in [3.63, 3.8) is 0 Å². The molecule has 0 unspecified atom stereocenters. The molecular weight excluding hydrogens is 296 g/mol. The summed E-state index contributed by atoms with van der Waals surface area (Å²) >= 11 is 0. The molecule has 3 rings (SSSR count). The van der Waals surface area contributed by atoms with Crippen LogP contribution in [0.2, 0.25) is 0 Å². The van der Waals surface area contributed by atoms with E-state index in [0.717, 1.165) is 28.2 Å². The molecule has 1 heterocycles. The summed E-state index contributed by atoms with van der Waals surface area (Å²) in [5.41, 5.74) is 3.98. The van der Waals surface area contributed by atoms with Crippen molar-refractivity contribution in [2.45, 2.75) is 11.8 Å². The van der Waals surface area contributed by atoms with Gasteiger partial charge in [0.2, 0.25) is 0 Å². The third kappa shape index (κ3) is 2.80. The predicted molar refractivity (Wildman–Crippen MR) is 87.3 cm³/mol. The number of aromatic nitrogens is 2. The van der Waals surface area contributed by atoms with Crippen LogP contribution in [0.25, 0.3) is 22.4 Å². The standard InChI is InChI=1S/C17H16N2O2S/c1-12-18-11-17(19-12)16-6-4-3-5-15(16)13-7-9-14(10-8-13)22(2,20)21/h3-11H,1-2H3,(H,18,19). The Morgan fingerprint density at radius 1 is 0.955 bits per heavy atom. The lowest BCUT2D eigenvalue weighted by molar-refractivity contribution is 0.602. The predicted octanol–water partition coefficient (Wildman–Crippen LogP) is 3.46. The summed E-state index contributed by atoms with van der Waals surface area (Å²) in [4.78, 5) is 7.80. The number of H-pyrrole nitrogens is 1. The molecule has 0 spiro atoms. The Morgan fingerprint density at radius 3 is 2.14 bits per heavy atom. The Labute approximate surface area is 129 Å². The number of rotatable bonds is 3. The van der Waals surface area contributed by atoms with Gasteiger partial charge in [-0.25, -0.2) is 13.4 Å². The molecule has 5 heteroatoms. The second-order valence-corrected chi connectivity index (χ2v) is 7.24. The SMILES string of the molecule is Cc1ncc(-c2ccccc2-c2ccc(S(C)(=O)=O)cc2)[nH]1. The van der Waals surface area contributed by atoms with E-state index in [1.54, 1.807) is 18.3 Å². The molecule has 112 valence electrons. The van der Waals surface area contributed by atoms with Crippen molar-refractivity contribution in [2.24, 2.45) is 0 Å². The lowest BCUT2D eigenvalue weighted by atomic mass is 9.98. The molecule has 0 saturated carbocycles. The minimum Gasteiger partial charge on any atom is -0.342 e. The first kappa shape index (κ1) is 14.5. The van der Waals surface area contributed by atoms with Crippen LogP contribution in [0, 0.1) is 6.92 Å². The van der Waals surface area contributed by atoms with E-state index < -0.39 is 9.84 Å². The van der Waals surface area contributed by atoms with Gasteiger partial charge in [-0.3, -0.25) is 0 Å². The van der Waals surface area contributed by atoms with Gasteiger partial charge in [0.25, 0.3) is 0 Å². The fraction of sp³-hybridized carbons (Fsp3) is 0.118. The maximum atomic E-state index is 11.6. The fourth-order valence-corrected chi connectivity index (χ4v) is 3.04. The highest BCUT2D eigenvalue weighted by Crippen LogP contribution is 2.31. The summed E-state index contributed by atoms with van der Waals surface area (Å²) in [6, 6.07) is 14.9. The van der Waals surface area contributed by atoms with Gasteiger partial charge in [0.15, 0.2) is 9.84 Å². The second-order valence-electron chi connectivity index (χ2n) is 5.22. The minimum absolute atomic E-state index is 0.325. The molecule has 0 radical (unpaired) electrons. The zero-order chi connectivity index (χ0) is 15.7. The lowest BCUT2D eigenvalue weighted by Gasteiger charge is -2.09. The van der Waals surface area contributed by atoms with Gasteiger partial charge in [-0.15, -0.1) is 0 Å². The van der Waals surface area contributed by atoms with E-state index >= 15 is 0 Å². The maximum Gasteiger partial charge on any atom is 0.175 e. The highest BCUT2D eigenvalue weighted by molar-refractivity contribution is 7.90. The van der Waals surface area contributed by atoms with E-state index in [1.807, 2.05) is 43.3 Å². The molecule has 0 atom stereocenters. The van der Waals surface area contributed by atoms with Gasteiger partial charge in [-0.2, -0.15) is 0 Å². The van der Waals surface area contributed by atoms with E-state index in [1.165, 1.54) is 6.26 Å². The normalized spacial score (nSPS) is 11.5. The first-order valence-corrected chi connectivity index (χ1v) is 8.76. The highest BCUT2D eigenvalue weighted by Gasteiger charge is 2.11. The average Bonchev–Trinajstić information content (AvgIpc) is 2.93. The topological polar surface area (TPSA) is 62.8 Å². The Kier molecular flexibility index (Phi) is 3.58. The largest absolute Gasteiger partial charge is 0.342 e. The molecule has 4 nitrogen and oxygen atoms in total. The molecule has 0 aliphatic rings. The Balaban J connectivity index is 2.09. The van der Waals surface area contributed by atoms with Gasteiger partial charge in [0.05, 0.1) is 16.8 Å². The molecule has 0 aliphatic heterocycles. The van der Waals surface area contributed by atoms with Crippen molar-refractivity contribution in [1.82, 2.24) is 9.97 Å². The number of hydrogen-bond donors (Lipinski definition) is 1. The van der Waals surface area contributed by atoms with Gasteiger partial charge in [-0.1, -0.05) is 36.4 Å². The summed E-state index contributed by atoms with van der Waals surface area (Å²) < 4.78 is 23.1. The Bertz CT molecular complexity index is 910. The highest BCUT2D eigenvalue weighted by atomic mass is 32.2. The number of aromatic amines is 1. The molecule has 2 aromatic carbocycles. The van der Waals surface area contributed by atoms with Crippen molar-refractivity contribution in [2.75, 3.05) is 6.26 Å². The number of aryl methyl sites for hydroxylation is 1. The van der Waals surface area contributed by atoms with Crippen LogP contribution in [0.5, 0.6) is 0 Å². The monoisotopic (exact) mass is 312 g/mol. The number of sulfone groups is 1. The number of benzene rings is 2. The van der Waals surface area contributed by atoms with Crippen LogP contribution in [-0.2, 0) is 9.84 Å². The zero-order valence-corrected chi connectivity index (χ0v) is 13.2. The van der Waals surface area contributed by atoms with Gasteiger partial charge >= 0.3 is 0 Å². The van der Waals surface area contributed by atoms with Crippen LogP contribution in [0.4, 0.5) is 0 Å². The maximum absolute atomic E-state index is 11.6.